The number of halogens is 2. The summed E-state index contributed by atoms with van der Waals surface area (Å²) in [6, 6.07) is 8.34. The molecule has 0 saturated heterocycles. The van der Waals surface area contributed by atoms with E-state index >= 15 is 0 Å². The predicted octanol–water partition coefficient (Wildman–Crippen LogP) is 2.95. The molecular formula is C17H13F2N3O3. The van der Waals surface area contributed by atoms with E-state index in [0.29, 0.717) is 30.1 Å². The van der Waals surface area contributed by atoms with E-state index in [1.165, 1.54) is 6.07 Å². The molecule has 0 fully saturated rings. The molecule has 0 radical (unpaired) electrons. The lowest BCUT2D eigenvalue weighted by Crippen LogP contribution is -2.24. The van der Waals surface area contributed by atoms with Gasteiger partial charge < -0.3 is 19.8 Å². The minimum atomic E-state index is -2.92. The second-order valence-corrected chi connectivity index (χ2v) is 5.44. The van der Waals surface area contributed by atoms with Crippen LogP contribution in [0.4, 0.5) is 8.78 Å². The first-order chi connectivity index (χ1) is 12.1. The SMILES string of the molecule is O=C1NCCOc2cc(-c3c[nH]c4nc(OC(F)F)ccc34)ccc21. The Hall–Kier alpha value is -3.16. The fraction of sp³-hybridized carbons (Fsp3) is 0.176. The summed E-state index contributed by atoms with van der Waals surface area (Å²) in [5, 5.41) is 3.50. The first-order valence-corrected chi connectivity index (χ1v) is 7.60. The van der Waals surface area contributed by atoms with Gasteiger partial charge in [0, 0.05) is 23.2 Å². The van der Waals surface area contributed by atoms with E-state index in [1.807, 2.05) is 0 Å². The lowest BCUT2D eigenvalue weighted by atomic mass is 10.0. The second kappa shape index (κ2) is 6.04. The number of pyridine rings is 1. The summed E-state index contributed by atoms with van der Waals surface area (Å²) in [6.07, 6.45) is 1.72. The number of carbonyl (C=O) groups excluding carboxylic acids is 1. The zero-order valence-corrected chi connectivity index (χ0v) is 12.9. The zero-order chi connectivity index (χ0) is 17.4. The Morgan fingerprint density at radius 3 is 2.92 bits per heavy atom. The molecule has 3 heterocycles. The van der Waals surface area contributed by atoms with Crippen molar-refractivity contribution in [3.05, 3.63) is 42.1 Å². The molecule has 4 rings (SSSR count). The predicted molar refractivity (Wildman–Crippen MR) is 86.0 cm³/mol. The third-order valence-electron chi connectivity index (χ3n) is 3.91. The number of nitrogens with zero attached hydrogens (tertiary/aromatic N) is 1. The van der Waals surface area contributed by atoms with Gasteiger partial charge in [0.25, 0.3) is 5.91 Å². The summed E-state index contributed by atoms with van der Waals surface area (Å²) in [5.41, 5.74) is 2.56. The number of benzene rings is 1. The van der Waals surface area contributed by atoms with Gasteiger partial charge in [-0.05, 0) is 23.8 Å². The Balaban J connectivity index is 1.75. The van der Waals surface area contributed by atoms with Crippen LogP contribution in [-0.4, -0.2) is 35.6 Å². The molecule has 0 saturated carbocycles. The summed E-state index contributed by atoms with van der Waals surface area (Å²) >= 11 is 0. The van der Waals surface area contributed by atoms with Crippen LogP contribution >= 0.6 is 0 Å². The van der Waals surface area contributed by atoms with Gasteiger partial charge in [-0.15, -0.1) is 0 Å². The smallest absolute Gasteiger partial charge is 0.388 e. The minimum Gasteiger partial charge on any atom is -0.491 e. The molecule has 0 spiro atoms. The standard InChI is InChI=1S/C17H13F2N3O3/c18-17(19)25-14-4-3-10-12(8-21-15(10)22-14)9-1-2-11-13(7-9)24-6-5-20-16(11)23/h1-4,7-8,17H,5-6H2,(H,20,23)(H,21,22). The van der Waals surface area contributed by atoms with E-state index < -0.39 is 6.61 Å². The van der Waals surface area contributed by atoms with Crippen LogP contribution in [0.5, 0.6) is 11.6 Å². The van der Waals surface area contributed by atoms with Crippen LogP contribution in [0.2, 0.25) is 0 Å². The average Bonchev–Trinajstić information content (AvgIpc) is 2.91. The van der Waals surface area contributed by atoms with Crippen molar-refractivity contribution >= 4 is 16.9 Å². The van der Waals surface area contributed by atoms with Crippen molar-refractivity contribution in [1.82, 2.24) is 15.3 Å². The summed E-state index contributed by atoms with van der Waals surface area (Å²) in [4.78, 5) is 18.9. The second-order valence-electron chi connectivity index (χ2n) is 5.44. The Labute approximate surface area is 140 Å². The minimum absolute atomic E-state index is 0.155. The van der Waals surface area contributed by atoms with E-state index in [1.54, 1.807) is 30.5 Å². The Morgan fingerprint density at radius 2 is 2.08 bits per heavy atom. The molecule has 8 heteroatoms. The fourth-order valence-electron chi connectivity index (χ4n) is 2.80. The Morgan fingerprint density at radius 1 is 1.20 bits per heavy atom. The number of carbonyl (C=O) groups is 1. The molecule has 0 atom stereocenters. The van der Waals surface area contributed by atoms with Gasteiger partial charge in [-0.1, -0.05) is 6.07 Å². The van der Waals surface area contributed by atoms with Gasteiger partial charge in [0.05, 0.1) is 12.1 Å². The van der Waals surface area contributed by atoms with E-state index in [2.05, 4.69) is 20.0 Å². The first-order valence-electron chi connectivity index (χ1n) is 7.60. The molecule has 0 aliphatic carbocycles. The third kappa shape index (κ3) is 2.86. The number of alkyl halides is 2. The van der Waals surface area contributed by atoms with Crippen LogP contribution in [0.3, 0.4) is 0 Å². The maximum absolute atomic E-state index is 12.3. The zero-order valence-electron chi connectivity index (χ0n) is 12.9. The van der Waals surface area contributed by atoms with E-state index in [-0.39, 0.29) is 11.8 Å². The van der Waals surface area contributed by atoms with Crippen LogP contribution in [0.25, 0.3) is 22.2 Å². The molecule has 1 aliphatic heterocycles. The number of hydrogen-bond donors (Lipinski definition) is 2. The Bertz CT molecular complexity index is 955. The van der Waals surface area contributed by atoms with Gasteiger partial charge in [-0.25, -0.2) is 0 Å². The van der Waals surface area contributed by atoms with Crippen LogP contribution in [0.15, 0.2) is 36.5 Å². The largest absolute Gasteiger partial charge is 0.491 e. The summed E-state index contributed by atoms with van der Waals surface area (Å²) < 4.78 is 34.5. The lowest BCUT2D eigenvalue weighted by Gasteiger charge is -2.08. The molecule has 0 unspecified atom stereocenters. The van der Waals surface area contributed by atoms with Crippen molar-refractivity contribution in [2.45, 2.75) is 6.61 Å². The van der Waals surface area contributed by atoms with Gasteiger partial charge in [0.15, 0.2) is 0 Å². The monoisotopic (exact) mass is 345 g/mol. The van der Waals surface area contributed by atoms with Crippen LogP contribution in [-0.2, 0) is 0 Å². The van der Waals surface area contributed by atoms with Gasteiger partial charge in [-0.2, -0.15) is 13.8 Å². The molecule has 0 bridgehead atoms. The molecule has 25 heavy (non-hydrogen) atoms. The molecule has 2 N–H and O–H groups in total. The molecule has 1 amide bonds. The quantitative estimate of drug-likeness (QED) is 0.765. The van der Waals surface area contributed by atoms with Crippen LogP contribution in [0, 0.1) is 0 Å². The van der Waals surface area contributed by atoms with E-state index in [4.69, 9.17) is 4.74 Å². The Kier molecular flexibility index (Phi) is 3.72. The highest BCUT2D eigenvalue weighted by molar-refractivity contribution is 5.99. The molecule has 1 aromatic carbocycles. The number of ether oxygens (including phenoxy) is 2. The van der Waals surface area contributed by atoms with Crippen molar-refractivity contribution in [2.75, 3.05) is 13.2 Å². The summed E-state index contributed by atoms with van der Waals surface area (Å²) in [5.74, 6) is 0.179. The van der Waals surface area contributed by atoms with Crippen molar-refractivity contribution in [1.29, 1.82) is 0 Å². The highest BCUT2D eigenvalue weighted by Crippen LogP contribution is 2.33. The highest BCUT2D eigenvalue weighted by atomic mass is 19.3. The molecule has 2 aromatic heterocycles. The van der Waals surface area contributed by atoms with Crippen molar-refractivity contribution < 1.29 is 23.0 Å². The average molecular weight is 345 g/mol. The third-order valence-corrected chi connectivity index (χ3v) is 3.91. The molecule has 128 valence electrons. The lowest BCUT2D eigenvalue weighted by molar-refractivity contribution is -0.0526. The van der Waals surface area contributed by atoms with Crippen LogP contribution < -0.4 is 14.8 Å². The number of nitrogens with one attached hydrogen (secondary N) is 2. The fourth-order valence-corrected chi connectivity index (χ4v) is 2.80. The van der Waals surface area contributed by atoms with E-state index in [0.717, 1.165) is 16.5 Å². The summed E-state index contributed by atoms with van der Waals surface area (Å²) in [6.45, 7) is -2.08. The van der Waals surface area contributed by atoms with Crippen molar-refractivity contribution in [2.24, 2.45) is 0 Å². The first kappa shape index (κ1) is 15.4. The number of rotatable bonds is 3. The molecule has 3 aromatic rings. The van der Waals surface area contributed by atoms with E-state index in [9.17, 15) is 13.6 Å². The number of aromatic amines is 1. The number of H-pyrrole nitrogens is 1. The number of aromatic nitrogens is 2. The number of fused-ring (bicyclic) bond motifs is 2. The molecular weight excluding hydrogens is 332 g/mol. The number of amides is 1. The van der Waals surface area contributed by atoms with Gasteiger partial charge >= 0.3 is 6.61 Å². The topological polar surface area (TPSA) is 76.2 Å². The van der Waals surface area contributed by atoms with Gasteiger partial charge in [0.1, 0.15) is 18.0 Å². The van der Waals surface area contributed by atoms with Gasteiger partial charge in [-0.3, -0.25) is 4.79 Å². The van der Waals surface area contributed by atoms with Crippen molar-refractivity contribution in [3.8, 4) is 22.8 Å². The van der Waals surface area contributed by atoms with Gasteiger partial charge in [0.2, 0.25) is 5.88 Å². The maximum Gasteiger partial charge on any atom is 0.388 e. The van der Waals surface area contributed by atoms with Crippen LogP contribution in [0.1, 0.15) is 10.4 Å². The van der Waals surface area contributed by atoms with Crippen molar-refractivity contribution in [3.63, 3.8) is 0 Å². The maximum atomic E-state index is 12.3. The normalized spacial score (nSPS) is 14.0. The highest BCUT2D eigenvalue weighted by Gasteiger charge is 2.18. The molecule has 1 aliphatic rings. The number of hydrogen-bond acceptors (Lipinski definition) is 4. The molecule has 6 nitrogen and oxygen atoms in total. The summed E-state index contributed by atoms with van der Waals surface area (Å²) in [7, 11) is 0.